The zero-order valence-electron chi connectivity index (χ0n) is 16.3. The van der Waals surface area contributed by atoms with Crippen LogP contribution < -0.4 is 10.7 Å². The van der Waals surface area contributed by atoms with E-state index in [-0.39, 0.29) is 6.61 Å². The van der Waals surface area contributed by atoms with E-state index in [1.54, 1.807) is 42.6 Å². The summed E-state index contributed by atoms with van der Waals surface area (Å²) in [6, 6.07) is 21.7. The molecule has 6 nitrogen and oxygen atoms in total. The molecule has 0 unspecified atom stereocenters. The van der Waals surface area contributed by atoms with Crippen molar-refractivity contribution in [3.63, 3.8) is 0 Å². The molecule has 0 fully saturated rings. The van der Waals surface area contributed by atoms with E-state index in [0.717, 1.165) is 21.3 Å². The highest BCUT2D eigenvalue weighted by Gasteiger charge is 2.10. The first-order valence-corrected chi connectivity index (χ1v) is 9.97. The Hall–Kier alpha value is -3.45. The fraction of sp³-hybridized carbons (Fsp3) is 0.0870. The first kappa shape index (κ1) is 21.3. The Labute approximate surface area is 183 Å². The zero-order valence-corrected chi connectivity index (χ0v) is 17.8. The molecule has 0 aliphatic rings. The van der Waals surface area contributed by atoms with Gasteiger partial charge >= 0.3 is 5.97 Å². The number of rotatable bonds is 7. The first-order chi connectivity index (χ1) is 14.5. The third-order valence-electron chi connectivity index (χ3n) is 4.07. The number of esters is 1. The number of aryl methyl sites for hydroxylation is 1. The predicted octanol–water partition coefficient (Wildman–Crippen LogP) is 5.00. The van der Waals surface area contributed by atoms with Crippen molar-refractivity contribution in [2.24, 2.45) is 5.10 Å². The van der Waals surface area contributed by atoms with E-state index in [4.69, 9.17) is 4.74 Å². The second-order valence-corrected chi connectivity index (χ2v) is 7.40. The maximum atomic E-state index is 12.1. The fourth-order valence-electron chi connectivity index (χ4n) is 2.46. The lowest BCUT2D eigenvalue weighted by atomic mass is 10.1. The van der Waals surface area contributed by atoms with E-state index in [0.29, 0.717) is 11.3 Å². The fourth-order valence-corrected chi connectivity index (χ4v) is 2.72. The standard InChI is InChI=1S/C23H20BrN3O3/c1-16-2-10-20(11-3-16)26-22(28)15-30-23(29)18-6-4-17(5-7-18)14-25-27-21-12-8-19(24)9-13-21/h2-14,27H,15H2,1H3,(H,26,28)/b25-14+. The summed E-state index contributed by atoms with van der Waals surface area (Å²) in [5, 5.41) is 6.84. The number of amides is 1. The Morgan fingerprint density at radius 2 is 1.57 bits per heavy atom. The molecule has 3 aromatic rings. The van der Waals surface area contributed by atoms with Crippen LogP contribution in [-0.4, -0.2) is 24.7 Å². The lowest BCUT2D eigenvalue weighted by Crippen LogP contribution is -2.20. The van der Waals surface area contributed by atoms with Crippen molar-refractivity contribution in [3.8, 4) is 0 Å². The molecule has 0 saturated heterocycles. The third-order valence-corrected chi connectivity index (χ3v) is 4.60. The first-order valence-electron chi connectivity index (χ1n) is 9.18. The summed E-state index contributed by atoms with van der Waals surface area (Å²) < 4.78 is 6.07. The number of benzene rings is 3. The summed E-state index contributed by atoms with van der Waals surface area (Å²) in [7, 11) is 0. The van der Waals surface area contributed by atoms with Gasteiger partial charge in [0.2, 0.25) is 0 Å². The van der Waals surface area contributed by atoms with Gasteiger partial charge in [-0.2, -0.15) is 5.10 Å². The number of hydrazone groups is 1. The summed E-state index contributed by atoms with van der Waals surface area (Å²) in [4.78, 5) is 24.1. The summed E-state index contributed by atoms with van der Waals surface area (Å²) >= 11 is 3.38. The van der Waals surface area contributed by atoms with Crippen molar-refractivity contribution in [3.05, 3.63) is 94.0 Å². The molecule has 7 heteroatoms. The Bertz CT molecular complexity index is 1030. The van der Waals surface area contributed by atoms with Crippen LogP contribution >= 0.6 is 15.9 Å². The normalized spacial score (nSPS) is 10.6. The second-order valence-electron chi connectivity index (χ2n) is 6.49. The van der Waals surface area contributed by atoms with Gasteiger partial charge in [-0.25, -0.2) is 4.79 Å². The molecule has 0 radical (unpaired) electrons. The van der Waals surface area contributed by atoms with Gasteiger partial charge in [0, 0.05) is 10.2 Å². The van der Waals surface area contributed by atoms with Crippen LogP contribution in [0.2, 0.25) is 0 Å². The molecule has 0 aliphatic heterocycles. The molecule has 3 rings (SSSR count). The van der Waals surface area contributed by atoms with Gasteiger partial charge in [0.15, 0.2) is 6.61 Å². The van der Waals surface area contributed by atoms with Gasteiger partial charge in [-0.05, 0) is 61.0 Å². The van der Waals surface area contributed by atoms with Crippen molar-refractivity contribution in [2.45, 2.75) is 6.92 Å². The monoisotopic (exact) mass is 465 g/mol. The van der Waals surface area contributed by atoms with Gasteiger partial charge in [-0.3, -0.25) is 10.2 Å². The van der Waals surface area contributed by atoms with Crippen LogP contribution in [0.5, 0.6) is 0 Å². The molecule has 0 aliphatic carbocycles. The minimum atomic E-state index is -0.564. The van der Waals surface area contributed by atoms with Gasteiger partial charge in [-0.15, -0.1) is 0 Å². The van der Waals surface area contributed by atoms with Gasteiger partial charge in [0.1, 0.15) is 0 Å². The topological polar surface area (TPSA) is 79.8 Å². The number of anilines is 2. The smallest absolute Gasteiger partial charge is 0.338 e. The minimum absolute atomic E-state index is 0.354. The van der Waals surface area contributed by atoms with Crippen molar-refractivity contribution in [1.82, 2.24) is 0 Å². The van der Waals surface area contributed by atoms with E-state index < -0.39 is 11.9 Å². The lowest BCUT2D eigenvalue weighted by Gasteiger charge is -2.07. The summed E-state index contributed by atoms with van der Waals surface area (Å²) in [6.07, 6.45) is 1.65. The largest absolute Gasteiger partial charge is 0.452 e. The van der Waals surface area contributed by atoms with Crippen molar-refractivity contribution in [2.75, 3.05) is 17.3 Å². The second kappa shape index (κ2) is 10.4. The lowest BCUT2D eigenvalue weighted by molar-refractivity contribution is -0.119. The van der Waals surface area contributed by atoms with Crippen LogP contribution in [-0.2, 0) is 9.53 Å². The van der Waals surface area contributed by atoms with Crippen molar-refractivity contribution >= 4 is 45.4 Å². The summed E-state index contributed by atoms with van der Waals surface area (Å²) in [5.74, 6) is -0.958. The minimum Gasteiger partial charge on any atom is -0.452 e. The molecule has 2 N–H and O–H groups in total. The number of carbonyl (C=O) groups is 2. The van der Waals surface area contributed by atoms with E-state index >= 15 is 0 Å². The van der Waals surface area contributed by atoms with Crippen molar-refractivity contribution < 1.29 is 14.3 Å². The van der Waals surface area contributed by atoms with Crippen LogP contribution in [0.4, 0.5) is 11.4 Å². The number of ether oxygens (including phenoxy) is 1. The molecule has 30 heavy (non-hydrogen) atoms. The Kier molecular flexibility index (Phi) is 7.34. The molecule has 152 valence electrons. The number of nitrogens with zero attached hydrogens (tertiary/aromatic N) is 1. The molecule has 0 bridgehead atoms. The zero-order chi connectivity index (χ0) is 21.3. The van der Waals surface area contributed by atoms with E-state index in [1.807, 2.05) is 43.3 Å². The molecule has 0 heterocycles. The van der Waals surface area contributed by atoms with Crippen LogP contribution in [0.25, 0.3) is 0 Å². The quantitative estimate of drug-likeness (QED) is 0.292. The Balaban J connectivity index is 1.47. The molecular weight excluding hydrogens is 446 g/mol. The number of nitrogens with one attached hydrogen (secondary N) is 2. The van der Waals surface area contributed by atoms with Crippen LogP contribution in [0.1, 0.15) is 21.5 Å². The number of hydrogen-bond acceptors (Lipinski definition) is 5. The number of carbonyl (C=O) groups excluding carboxylic acids is 2. The Morgan fingerprint density at radius 3 is 2.23 bits per heavy atom. The maximum Gasteiger partial charge on any atom is 0.338 e. The van der Waals surface area contributed by atoms with Gasteiger partial charge in [0.05, 0.1) is 17.5 Å². The van der Waals surface area contributed by atoms with E-state index in [2.05, 4.69) is 31.8 Å². The highest BCUT2D eigenvalue weighted by atomic mass is 79.9. The number of hydrogen-bond donors (Lipinski definition) is 2. The highest BCUT2D eigenvalue weighted by molar-refractivity contribution is 9.10. The number of halogens is 1. The van der Waals surface area contributed by atoms with Gasteiger partial charge in [-0.1, -0.05) is 45.8 Å². The summed E-state index contributed by atoms with van der Waals surface area (Å²) in [6.45, 7) is 1.61. The van der Waals surface area contributed by atoms with Gasteiger partial charge in [0.25, 0.3) is 5.91 Å². The Morgan fingerprint density at radius 1 is 0.933 bits per heavy atom. The molecular formula is C23H20BrN3O3. The molecule has 0 spiro atoms. The molecule has 0 atom stereocenters. The summed E-state index contributed by atoms with van der Waals surface area (Å²) in [5.41, 5.74) is 6.71. The van der Waals surface area contributed by atoms with Crippen LogP contribution in [0.15, 0.2) is 82.4 Å². The average molecular weight is 466 g/mol. The van der Waals surface area contributed by atoms with Gasteiger partial charge < -0.3 is 10.1 Å². The van der Waals surface area contributed by atoms with E-state index in [1.165, 1.54) is 0 Å². The van der Waals surface area contributed by atoms with Crippen LogP contribution in [0.3, 0.4) is 0 Å². The van der Waals surface area contributed by atoms with E-state index in [9.17, 15) is 9.59 Å². The highest BCUT2D eigenvalue weighted by Crippen LogP contribution is 2.14. The SMILES string of the molecule is Cc1ccc(NC(=O)COC(=O)c2ccc(/C=N/Nc3ccc(Br)cc3)cc2)cc1. The maximum absolute atomic E-state index is 12.1. The molecule has 3 aromatic carbocycles. The predicted molar refractivity (Wildman–Crippen MR) is 122 cm³/mol. The third kappa shape index (κ3) is 6.56. The molecule has 0 saturated carbocycles. The van der Waals surface area contributed by atoms with Crippen LogP contribution in [0, 0.1) is 6.92 Å². The molecule has 0 aromatic heterocycles. The molecule has 1 amide bonds. The van der Waals surface area contributed by atoms with Crippen molar-refractivity contribution in [1.29, 1.82) is 0 Å². The average Bonchev–Trinajstić information content (AvgIpc) is 2.75.